The van der Waals surface area contributed by atoms with E-state index in [9.17, 15) is 14.4 Å². The third-order valence-corrected chi connectivity index (χ3v) is 11.5. The molecule has 7 nitrogen and oxygen atoms in total. The van der Waals surface area contributed by atoms with Gasteiger partial charge in [0, 0.05) is 24.2 Å². The highest BCUT2D eigenvalue weighted by Crippen LogP contribution is 2.78. The van der Waals surface area contributed by atoms with Crippen LogP contribution < -0.4 is 0 Å². The molecule has 5 aliphatic rings. The Hall–Kier alpha value is -1.30. The lowest BCUT2D eigenvalue weighted by atomic mass is 9.58. The zero-order chi connectivity index (χ0) is 25.9. The number of ether oxygens (including phenoxy) is 2. The van der Waals surface area contributed by atoms with Crippen molar-refractivity contribution < 1.29 is 32.7 Å². The highest BCUT2D eigenvalue weighted by molar-refractivity contribution is 6.70. The number of methoxy groups -OCH3 is 1. The Balaban J connectivity index is 1.74. The molecular weight excluding hydrogens is 480 g/mol. The largest absolute Gasteiger partial charge is 0.469 e. The number of Topliss-reactive ketones (excluding diaryl/α,β-unsaturated/α-hetero) is 1. The molecule has 1 saturated heterocycles. The minimum absolute atomic E-state index is 0.0445. The molecule has 5 unspecified atom stereocenters. The summed E-state index contributed by atoms with van der Waals surface area (Å²) in [5.41, 5.74) is -1.80. The van der Waals surface area contributed by atoms with E-state index in [1.165, 1.54) is 7.11 Å². The fourth-order valence-electron chi connectivity index (χ4n) is 8.64. The molecule has 0 aromatic heterocycles. The standard InChI is InChI=1S/C26H40O7Si2/c1-14-12-25-13-15(14)16(32-34(4,5)6)10-17(25)26-19(33-35(7,8)9)11-18(27)24(2,23(29)31-26)21(26)20(25)22(28)30-3/h15-17,19-21H,1,10-13H2,2-9H3/t15-,16+,17?,19?,20?,21?,24?,25+,26+/m1/s1. The Kier molecular flexibility index (Phi) is 5.35. The van der Waals surface area contributed by atoms with E-state index in [1.807, 2.05) is 0 Å². The highest BCUT2D eigenvalue weighted by Gasteiger charge is 2.86. The van der Waals surface area contributed by atoms with Gasteiger partial charge in [-0.2, -0.15) is 0 Å². The first-order valence-corrected chi connectivity index (χ1v) is 19.7. The number of hydrogen-bond acceptors (Lipinski definition) is 7. The summed E-state index contributed by atoms with van der Waals surface area (Å²) >= 11 is 0. The summed E-state index contributed by atoms with van der Waals surface area (Å²) in [6.45, 7) is 18.9. The van der Waals surface area contributed by atoms with E-state index in [1.54, 1.807) is 6.92 Å². The molecular formula is C26H40O7Si2. The van der Waals surface area contributed by atoms with Gasteiger partial charge in [0.2, 0.25) is 0 Å². The van der Waals surface area contributed by atoms with Gasteiger partial charge in [-0.3, -0.25) is 14.4 Å². The van der Waals surface area contributed by atoms with Crippen LogP contribution in [-0.4, -0.2) is 59.3 Å². The van der Waals surface area contributed by atoms with Crippen LogP contribution in [0.5, 0.6) is 0 Å². The van der Waals surface area contributed by atoms with Crippen LogP contribution in [0.15, 0.2) is 12.2 Å². The quantitative estimate of drug-likeness (QED) is 0.233. The predicted octanol–water partition coefficient (Wildman–Crippen LogP) is 4.09. The summed E-state index contributed by atoms with van der Waals surface area (Å²) < 4.78 is 25.2. The van der Waals surface area contributed by atoms with Crippen LogP contribution in [0.25, 0.3) is 0 Å². The van der Waals surface area contributed by atoms with E-state index in [0.717, 1.165) is 12.0 Å². The van der Waals surface area contributed by atoms with Crippen LogP contribution in [0.1, 0.15) is 32.6 Å². The molecule has 0 amide bonds. The fourth-order valence-corrected chi connectivity index (χ4v) is 10.9. The van der Waals surface area contributed by atoms with E-state index in [0.29, 0.717) is 12.8 Å². The van der Waals surface area contributed by atoms with Crippen molar-refractivity contribution in [3.8, 4) is 0 Å². The number of rotatable bonds is 5. The van der Waals surface area contributed by atoms with Crippen LogP contribution in [0.4, 0.5) is 0 Å². The number of fused-ring (bicyclic) bond motifs is 1. The van der Waals surface area contributed by atoms with Crippen LogP contribution in [0.3, 0.4) is 0 Å². The second-order valence-electron chi connectivity index (χ2n) is 13.7. The monoisotopic (exact) mass is 520 g/mol. The molecule has 0 aromatic carbocycles. The molecule has 1 spiro atoms. The van der Waals surface area contributed by atoms with Gasteiger partial charge < -0.3 is 18.3 Å². The van der Waals surface area contributed by atoms with Gasteiger partial charge in [0.25, 0.3) is 0 Å². The molecule has 9 heteroatoms. The topological polar surface area (TPSA) is 88.1 Å². The Morgan fingerprint density at radius 1 is 1.09 bits per heavy atom. The molecule has 1 heterocycles. The lowest BCUT2D eigenvalue weighted by Gasteiger charge is -2.50. The molecule has 0 aromatic rings. The molecule has 5 rings (SSSR count). The summed E-state index contributed by atoms with van der Waals surface area (Å²) in [6.07, 6.45) is 1.59. The summed E-state index contributed by atoms with van der Waals surface area (Å²) in [5.74, 6) is -2.31. The van der Waals surface area contributed by atoms with Crippen molar-refractivity contribution in [3.05, 3.63) is 12.2 Å². The first kappa shape index (κ1) is 25.4. The number of carbonyl (C=O) groups is 3. The van der Waals surface area contributed by atoms with Crippen LogP contribution >= 0.6 is 0 Å². The lowest BCUT2D eigenvalue weighted by molar-refractivity contribution is -0.176. The number of hydrogen-bond donors (Lipinski definition) is 0. The molecule has 4 saturated carbocycles. The van der Waals surface area contributed by atoms with E-state index < -0.39 is 57.0 Å². The summed E-state index contributed by atoms with van der Waals surface area (Å²) in [5, 5.41) is 0. The maximum atomic E-state index is 13.6. The Morgan fingerprint density at radius 2 is 1.71 bits per heavy atom. The van der Waals surface area contributed by atoms with Gasteiger partial charge >= 0.3 is 11.9 Å². The maximum Gasteiger partial charge on any atom is 0.320 e. The molecule has 4 bridgehead atoms. The third-order valence-electron chi connectivity index (χ3n) is 9.50. The first-order chi connectivity index (χ1) is 16.0. The predicted molar refractivity (Wildman–Crippen MR) is 134 cm³/mol. The van der Waals surface area contributed by atoms with E-state index in [-0.39, 0.29) is 36.1 Å². The Morgan fingerprint density at radius 3 is 2.29 bits per heavy atom. The van der Waals surface area contributed by atoms with Crippen LogP contribution in [-0.2, 0) is 32.7 Å². The zero-order valence-corrected chi connectivity index (χ0v) is 24.4. The number of carbonyl (C=O) groups excluding carboxylic acids is 3. The van der Waals surface area contributed by atoms with E-state index >= 15 is 0 Å². The van der Waals surface area contributed by atoms with Gasteiger partial charge in [-0.1, -0.05) is 12.2 Å². The van der Waals surface area contributed by atoms with Crippen molar-refractivity contribution in [2.45, 2.75) is 89.7 Å². The average Bonchev–Trinajstić information content (AvgIpc) is 3.21. The maximum absolute atomic E-state index is 13.6. The normalized spacial score (nSPS) is 46.3. The lowest BCUT2D eigenvalue weighted by Crippen LogP contribution is -2.62. The fraction of sp³-hybridized carbons (Fsp3) is 0.808. The smallest absolute Gasteiger partial charge is 0.320 e. The molecule has 1 aliphatic heterocycles. The minimum Gasteiger partial charge on any atom is -0.469 e. The van der Waals surface area contributed by atoms with Crippen LogP contribution in [0, 0.1) is 34.5 Å². The number of ketones is 1. The Bertz CT molecular complexity index is 1010. The Labute approximate surface area is 210 Å². The number of esters is 2. The zero-order valence-electron chi connectivity index (χ0n) is 22.4. The molecule has 5 fully saturated rings. The molecule has 9 atom stereocenters. The van der Waals surface area contributed by atoms with Crippen LogP contribution in [0.2, 0.25) is 39.3 Å². The van der Waals surface area contributed by atoms with Crippen molar-refractivity contribution in [1.29, 1.82) is 0 Å². The first-order valence-electron chi connectivity index (χ1n) is 12.9. The van der Waals surface area contributed by atoms with Gasteiger partial charge in [-0.25, -0.2) is 0 Å². The van der Waals surface area contributed by atoms with Gasteiger partial charge in [0.05, 0.1) is 25.2 Å². The molecule has 0 radical (unpaired) electrons. The van der Waals surface area contributed by atoms with Gasteiger partial charge in [-0.15, -0.1) is 0 Å². The molecule has 194 valence electrons. The van der Waals surface area contributed by atoms with Gasteiger partial charge in [0.1, 0.15) is 11.0 Å². The third kappa shape index (κ3) is 3.23. The molecule has 35 heavy (non-hydrogen) atoms. The van der Waals surface area contributed by atoms with Crippen molar-refractivity contribution in [3.63, 3.8) is 0 Å². The van der Waals surface area contributed by atoms with E-state index in [4.69, 9.17) is 18.3 Å². The van der Waals surface area contributed by atoms with Crippen molar-refractivity contribution in [2.75, 3.05) is 7.11 Å². The van der Waals surface area contributed by atoms with E-state index in [2.05, 4.69) is 45.9 Å². The van der Waals surface area contributed by atoms with Gasteiger partial charge in [0.15, 0.2) is 22.4 Å². The second-order valence-corrected chi connectivity index (χ2v) is 22.6. The molecule has 4 aliphatic carbocycles. The summed E-state index contributed by atoms with van der Waals surface area (Å²) in [6, 6.07) is 0. The van der Waals surface area contributed by atoms with Crippen molar-refractivity contribution in [1.82, 2.24) is 0 Å². The molecule has 0 N–H and O–H groups in total. The highest BCUT2D eigenvalue weighted by atomic mass is 28.4. The van der Waals surface area contributed by atoms with Gasteiger partial charge in [-0.05, 0) is 70.9 Å². The minimum atomic E-state index is -2.13. The summed E-state index contributed by atoms with van der Waals surface area (Å²) in [4.78, 5) is 40.8. The van der Waals surface area contributed by atoms with Crippen molar-refractivity contribution in [2.24, 2.45) is 34.5 Å². The van der Waals surface area contributed by atoms with Crippen molar-refractivity contribution >= 4 is 34.4 Å². The second kappa shape index (κ2) is 7.39. The summed E-state index contributed by atoms with van der Waals surface area (Å²) in [7, 11) is -2.62. The SMILES string of the molecule is C=C1C[C@]23C[C@H]1[C@@H](O[Si](C)(C)C)CC2[C@]12OC(=O)C(C)(C(=O)CC1O[Si](C)(C)C)C2C3C(=O)OC. The average molecular weight is 521 g/mol.